The average Bonchev–Trinajstić information content (AvgIpc) is 2.57. The highest BCUT2D eigenvalue weighted by atomic mass is 16.4. The fourth-order valence-electron chi connectivity index (χ4n) is 1.64. The van der Waals surface area contributed by atoms with E-state index in [1.807, 2.05) is 0 Å². The number of para-hydroxylation sites is 2. The Morgan fingerprint density at radius 1 is 1.33 bits per heavy atom. The van der Waals surface area contributed by atoms with Crippen LogP contribution in [-0.2, 0) is 11.2 Å². The summed E-state index contributed by atoms with van der Waals surface area (Å²) in [4.78, 5) is 10.7. The Kier molecular flexibility index (Phi) is 2.80. The lowest BCUT2D eigenvalue weighted by Gasteiger charge is -2.06. The van der Waals surface area contributed by atoms with E-state index in [1.54, 1.807) is 18.2 Å². The van der Waals surface area contributed by atoms with Crippen molar-refractivity contribution in [1.29, 1.82) is 0 Å². The second kappa shape index (κ2) is 4.28. The van der Waals surface area contributed by atoms with Crippen LogP contribution in [0.3, 0.4) is 0 Å². The van der Waals surface area contributed by atoms with Crippen molar-refractivity contribution in [3.05, 3.63) is 29.8 Å². The van der Waals surface area contributed by atoms with Crippen LogP contribution in [0.4, 0.5) is 11.6 Å². The van der Waals surface area contributed by atoms with E-state index in [2.05, 4.69) is 5.10 Å². The van der Waals surface area contributed by atoms with Gasteiger partial charge < -0.3 is 21.7 Å². The number of carboxylic acid groups (broad SMARTS) is 1. The van der Waals surface area contributed by atoms with E-state index < -0.39 is 5.97 Å². The van der Waals surface area contributed by atoms with Crippen LogP contribution in [0.15, 0.2) is 24.3 Å². The quantitative estimate of drug-likeness (QED) is 0.621. The van der Waals surface area contributed by atoms with Crippen LogP contribution in [0.25, 0.3) is 5.69 Å². The Morgan fingerprint density at radius 2 is 2.00 bits per heavy atom. The van der Waals surface area contributed by atoms with E-state index in [-0.39, 0.29) is 29.4 Å². The molecule has 0 saturated heterocycles. The monoisotopic (exact) mass is 248 g/mol. The van der Waals surface area contributed by atoms with Crippen molar-refractivity contribution in [2.45, 2.75) is 6.42 Å². The zero-order valence-electron chi connectivity index (χ0n) is 9.37. The van der Waals surface area contributed by atoms with Gasteiger partial charge in [0.05, 0.1) is 6.42 Å². The third kappa shape index (κ3) is 1.93. The van der Waals surface area contributed by atoms with Crippen molar-refractivity contribution in [2.75, 3.05) is 11.5 Å². The van der Waals surface area contributed by atoms with Crippen molar-refractivity contribution in [3.8, 4) is 11.4 Å². The van der Waals surface area contributed by atoms with Gasteiger partial charge in [-0.2, -0.15) is 0 Å². The highest BCUT2D eigenvalue weighted by Crippen LogP contribution is 2.27. The summed E-state index contributed by atoms with van der Waals surface area (Å²) in [6.45, 7) is 0. The number of nitrogen functional groups attached to an aromatic ring is 2. The zero-order chi connectivity index (χ0) is 13.3. The smallest absolute Gasteiger partial charge is 0.308 e. The van der Waals surface area contributed by atoms with Gasteiger partial charge in [0.15, 0.2) is 5.82 Å². The number of nitrogens with zero attached hydrogens (tertiary/aromatic N) is 2. The molecule has 94 valence electrons. The van der Waals surface area contributed by atoms with Crippen LogP contribution in [-0.4, -0.2) is 26.0 Å². The minimum atomic E-state index is -1.05. The number of hydrogen-bond donors (Lipinski definition) is 4. The number of carbonyl (C=O) groups is 1. The molecule has 0 saturated carbocycles. The lowest BCUT2D eigenvalue weighted by atomic mass is 10.2. The molecule has 0 spiro atoms. The van der Waals surface area contributed by atoms with E-state index in [1.165, 1.54) is 10.7 Å². The number of benzene rings is 1. The van der Waals surface area contributed by atoms with Crippen LogP contribution in [0, 0.1) is 0 Å². The molecule has 0 aliphatic rings. The van der Waals surface area contributed by atoms with E-state index in [0.717, 1.165) is 0 Å². The van der Waals surface area contributed by atoms with Crippen LogP contribution in [0.5, 0.6) is 5.75 Å². The molecular weight excluding hydrogens is 236 g/mol. The molecule has 2 aromatic rings. The number of nitrogens with two attached hydrogens (primary N) is 2. The molecule has 1 heterocycles. The molecule has 0 radical (unpaired) electrons. The predicted octanol–water partition coefficient (Wildman–Crippen LogP) is 0.369. The molecule has 18 heavy (non-hydrogen) atoms. The predicted molar refractivity (Wildman–Crippen MR) is 65.4 cm³/mol. The number of aliphatic carboxylic acids is 1. The standard InChI is InChI=1S/C11H12N4O3/c12-10-6(5-9(17)18)11(13)15(14-10)7-3-1-2-4-8(7)16/h1-4,16H,5,13H2,(H2,12,14)(H,17,18). The van der Waals surface area contributed by atoms with Crippen molar-refractivity contribution >= 4 is 17.6 Å². The van der Waals surface area contributed by atoms with Crippen LogP contribution < -0.4 is 11.5 Å². The van der Waals surface area contributed by atoms with Crippen molar-refractivity contribution < 1.29 is 15.0 Å². The Morgan fingerprint density at radius 3 is 2.61 bits per heavy atom. The molecule has 0 bridgehead atoms. The summed E-state index contributed by atoms with van der Waals surface area (Å²) in [5.74, 6) is -0.923. The molecule has 0 fully saturated rings. The first-order valence-electron chi connectivity index (χ1n) is 5.13. The third-order valence-electron chi connectivity index (χ3n) is 2.49. The summed E-state index contributed by atoms with van der Waals surface area (Å²) in [5, 5.41) is 22.4. The first kappa shape index (κ1) is 11.8. The third-order valence-corrected chi connectivity index (χ3v) is 2.49. The van der Waals surface area contributed by atoms with Gasteiger partial charge in [-0.3, -0.25) is 4.79 Å². The number of aromatic hydroxyl groups is 1. The van der Waals surface area contributed by atoms with Gasteiger partial charge in [-0.05, 0) is 12.1 Å². The molecule has 0 aliphatic carbocycles. The van der Waals surface area contributed by atoms with Gasteiger partial charge in [-0.15, -0.1) is 5.10 Å². The minimum Gasteiger partial charge on any atom is -0.506 e. The molecule has 1 aromatic heterocycles. The molecule has 2 rings (SSSR count). The summed E-state index contributed by atoms with van der Waals surface area (Å²) >= 11 is 0. The van der Waals surface area contributed by atoms with Crippen molar-refractivity contribution in [2.24, 2.45) is 0 Å². The molecule has 0 aliphatic heterocycles. The highest BCUT2D eigenvalue weighted by Gasteiger charge is 2.18. The maximum Gasteiger partial charge on any atom is 0.308 e. The SMILES string of the molecule is Nc1nn(-c2ccccc2O)c(N)c1CC(=O)O. The second-order valence-electron chi connectivity index (χ2n) is 3.72. The van der Waals surface area contributed by atoms with Crippen LogP contribution in [0.2, 0.25) is 0 Å². The van der Waals surface area contributed by atoms with E-state index in [4.69, 9.17) is 16.6 Å². The number of aromatic nitrogens is 2. The normalized spacial score (nSPS) is 10.4. The summed E-state index contributed by atoms with van der Waals surface area (Å²) < 4.78 is 1.23. The first-order chi connectivity index (χ1) is 8.50. The van der Waals surface area contributed by atoms with Gasteiger partial charge >= 0.3 is 5.97 Å². The lowest BCUT2D eigenvalue weighted by Crippen LogP contribution is -2.06. The van der Waals surface area contributed by atoms with Crippen molar-refractivity contribution in [3.63, 3.8) is 0 Å². The van der Waals surface area contributed by atoms with Gasteiger partial charge in [-0.25, -0.2) is 4.68 Å². The highest BCUT2D eigenvalue weighted by molar-refractivity contribution is 5.76. The summed E-state index contributed by atoms with van der Waals surface area (Å²) in [6, 6.07) is 6.43. The molecule has 6 N–H and O–H groups in total. The minimum absolute atomic E-state index is 0.0198. The molecule has 0 unspecified atom stereocenters. The number of anilines is 2. The van der Waals surface area contributed by atoms with Gasteiger partial charge in [0, 0.05) is 5.56 Å². The largest absolute Gasteiger partial charge is 0.506 e. The number of phenols is 1. The van der Waals surface area contributed by atoms with Crippen molar-refractivity contribution in [1.82, 2.24) is 9.78 Å². The van der Waals surface area contributed by atoms with E-state index >= 15 is 0 Å². The number of phenolic OH excluding ortho intramolecular Hbond substituents is 1. The maximum atomic E-state index is 10.7. The second-order valence-corrected chi connectivity index (χ2v) is 3.72. The fourth-order valence-corrected chi connectivity index (χ4v) is 1.64. The summed E-state index contributed by atoms with van der Waals surface area (Å²) in [5.41, 5.74) is 12.0. The Labute approximate surface area is 102 Å². The number of rotatable bonds is 3. The topological polar surface area (TPSA) is 127 Å². The molecule has 0 atom stereocenters. The number of carboxylic acids is 1. The Bertz CT molecular complexity index is 606. The Hall–Kier alpha value is -2.70. The number of hydrogen-bond acceptors (Lipinski definition) is 5. The summed E-state index contributed by atoms with van der Waals surface area (Å²) in [7, 11) is 0. The van der Waals surface area contributed by atoms with Gasteiger partial charge in [0.25, 0.3) is 0 Å². The molecular formula is C11H12N4O3. The zero-order valence-corrected chi connectivity index (χ0v) is 9.37. The van der Waals surface area contributed by atoms with E-state index in [0.29, 0.717) is 5.69 Å². The molecule has 7 nitrogen and oxygen atoms in total. The van der Waals surface area contributed by atoms with E-state index in [9.17, 15) is 9.90 Å². The average molecular weight is 248 g/mol. The Balaban J connectivity index is 2.54. The first-order valence-corrected chi connectivity index (χ1v) is 5.13. The molecule has 0 amide bonds. The maximum absolute atomic E-state index is 10.7. The van der Waals surface area contributed by atoms with Gasteiger partial charge in [0.2, 0.25) is 0 Å². The lowest BCUT2D eigenvalue weighted by molar-refractivity contribution is -0.136. The summed E-state index contributed by atoms with van der Waals surface area (Å²) in [6.07, 6.45) is -0.314. The molecule has 7 heteroatoms. The van der Waals surface area contributed by atoms with Gasteiger partial charge in [-0.1, -0.05) is 12.1 Å². The molecule has 1 aromatic carbocycles. The fraction of sp³-hybridized carbons (Fsp3) is 0.0909. The van der Waals surface area contributed by atoms with Crippen LogP contribution >= 0.6 is 0 Å². The van der Waals surface area contributed by atoms with Crippen LogP contribution in [0.1, 0.15) is 5.56 Å². The van der Waals surface area contributed by atoms with Gasteiger partial charge in [0.1, 0.15) is 17.3 Å².